The highest BCUT2D eigenvalue weighted by Crippen LogP contribution is 2.23. The highest BCUT2D eigenvalue weighted by molar-refractivity contribution is 9.10. The number of hydrogen-bond acceptors (Lipinski definition) is 11. The molecule has 7 heterocycles. The van der Waals surface area contributed by atoms with Gasteiger partial charge >= 0.3 is 0 Å². The summed E-state index contributed by atoms with van der Waals surface area (Å²) in [6.45, 7) is 33.6. The second kappa shape index (κ2) is 34.9. The minimum absolute atomic E-state index is 0.371. The van der Waals surface area contributed by atoms with E-state index in [1.807, 2.05) is 87.9 Å². The van der Waals surface area contributed by atoms with Crippen molar-refractivity contribution >= 4 is 39.1 Å². The van der Waals surface area contributed by atoms with E-state index in [4.69, 9.17) is 27.9 Å². The zero-order valence-electron chi connectivity index (χ0n) is 44.5. The van der Waals surface area contributed by atoms with E-state index >= 15 is 0 Å². The molecule has 7 aromatic heterocycles. The number of aromatic nitrogens is 10. The number of methoxy groups -OCH3 is 1. The number of pyridine rings is 4. The van der Waals surface area contributed by atoms with E-state index in [1.165, 1.54) is 23.9 Å². The van der Waals surface area contributed by atoms with Gasteiger partial charge in [-0.05, 0) is 119 Å². The monoisotopic (exact) mass is 1050 g/mol. The Bertz CT molecular complexity index is 2180. The minimum atomic E-state index is 0.371. The van der Waals surface area contributed by atoms with E-state index in [0.29, 0.717) is 46.4 Å². The first kappa shape index (κ1) is 62.7. The van der Waals surface area contributed by atoms with Crippen molar-refractivity contribution in [2.75, 3.05) is 7.11 Å². The molecule has 0 spiro atoms. The molecule has 0 saturated heterocycles. The van der Waals surface area contributed by atoms with Crippen molar-refractivity contribution in [2.24, 2.45) is 0 Å². The maximum absolute atomic E-state index is 5.86. The van der Waals surface area contributed by atoms with Crippen molar-refractivity contribution in [2.45, 2.75) is 152 Å². The van der Waals surface area contributed by atoms with Crippen molar-refractivity contribution in [1.82, 2.24) is 49.8 Å². The number of halogens is 3. The van der Waals surface area contributed by atoms with Crippen LogP contribution in [0.15, 0.2) is 121 Å². The molecule has 7 aromatic rings. The fourth-order valence-corrected chi connectivity index (χ4v) is 7.49. The molecule has 0 aliphatic carbocycles. The van der Waals surface area contributed by atoms with Gasteiger partial charge in [0, 0.05) is 59.2 Å². The molecule has 7 rings (SSSR count). The zero-order valence-corrected chi connectivity index (χ0v) is 47.6. The third-order valence-corrected chi connectivity index (χ3v) is 11.0. The molecule has 11 nitrogen and oxygen atoms in total. The average molecular weight is 1060 g/mol. The third-order valence-electron chi connectivity index (χ3n) is 9.73. The van der Waals surface area contributed by atoms with Gasteiger partial charge in [-0.15, -0.1) is 0 Å². The summed E-state index contributed by atoms with van der Waals surface area (Å²) >= 11 is 15.1. The van der Waals surface area contributed by atoms with E-state index in [2.05, 4.69) is 162 Å². The van der Waals surface area contributed by atoms with Gasteiger partial charge in [0.05, 0.1) is 57.5 Å². The SMILES string of the molecule is CC(C)c1ccccn1.CC(C)c1ncccc1Br.CC(C)c1ncccc1Cl.CC(C)c1ncncc1Cl.COc1cncnc1C(C)C.Cc1cccnc1C(C)C.Cc1nccnc1C(C)C. The lowest BCUT2D eigenvalue weighted by Crippen LogP contribution is -1.97. The fourth-order valence-electron chi connectivity index (χ4n) is 6.11. The summed E-state index contributed by atoms with van der Waals surface area (Å²) in [5.74, 6) is 4.00. The highest BCUT2D eigenvalue weighted by atomic mass is 79.9. The molecule has 0 amide bonds. The summed E-state index contributed by atoms with van der Waals surface area (Å²) in [5.41, 5.74) is 9.78. The highest BCUT2D eigenvalue weighted by Gasteiger charge is 2.08. The average Bonchev–Trinajstić information content (AvgIpc) is 3.33. The molecule has 0 saturated carbocycles. The number of hydrogen-bond donors (Lipinski definition) is 0. The first-order valence-electron chi connectivity index (χ1n) is 23.7. The zero-order chi connectivity index (χ0) is 52.8. The Morgan fingerprint density at radius 3 is 1.23 bits per heavy atom. The van der Waals surface area contributed by atoms with Crippen LogP contribution in [0.4, 0.5) is 0 Å². The molecular weight excluding hydrogens is 979 g/mol. The van der Waals surface area contributed by atoms with Crippen LogP contribution in [0.5, 0.6) is 5.75 Å². The van der Waals surface area contributed by atoms with Gasteiger partial charge in [-0.2, -0.15) is 0 Å². The summed E-state index contributed by atoms with van der Waals surface area (Å²) in [7, 11) is 1.63. The smallest absolute Gasteiger partial charge is 0.158 e. The van der Waals surface area contributed by atoms with Gasteiger partial charge in [-0.1, -0.05) is 132 Å². The molecule has 378 valence electrons. The molecule has 0 atom stereocenters. The number of nitrogens with zero attached hydrogens (tertiary/aromatic N) is 10. The molecule has 0 aliphatic heterocycles. The lowest BCUT2D eigenvalue weighted by Gasteiger charge is -2.07. The van der Waals surface area contributed by atoms with Crippen LogP contribution in [-0.2, 0) is 0 Å². The van der Waals surface area contributed by atoms with Gasteiger partial charge in [0.25, 0.3) is 0 Å². The van der Waals surface area contributed by atoms with Gasteiger partial charge in [-0.25, -0.2) is 19.9 Å². The Morgan fingerprint density at radius 1 is 0.414 bits per heavy atom. The number of aryl methyl sites for hydroxylation is 2. The lowest BCUT2D eigenvalue weighted by atomic mass is 10.1. The maximum atomic E-state index is 5.86. The number of rotatable bonds is 8. The number of ether oxygens (including phenoxy) is 1. The molecule has 0 bridgehead atoms. The van der Waals surface area contributed by atoms with Gasteiger partial charge in [0.15, 0.2) is 5.75 Å². The van der Waals surface area contributed by atoms with E-state index in [-0.39, 0.29) is 0 Å². The van der Waals surface area contributed by atoms with E-state index in [9.17, 15) is 0 Å². The van der Waals surface area contributed by atoms with Crippen molar-refractivity contribution in [3.63, 3.8) is 0 Å². The third kappa shape index (κ3) is 24.5. The Morgan fingerprint density at radius 2 is 0.871 bits per heavy atom. The van der Waals surface area contributed by atoms with Crippen LogP contribution in [0.2, 0.25) is 10.0 Å². The molecule has 0 fully saturated rings. The Hall–Kier alpha value is -5.30. The largest absolute Gasteiger partial charge is 0.493 e. The maximum Gasteiger partial charge on any atom is 0.158 e. The molecule has 0 unspecified atom stereocenters. The Labute approximate surface area is 438 Å². The lowest BCUT2D eigenvalue weighted by molar-refractivity contribution is 0.402. The van der Waals surface area contributed by atoms with Crippen LogP contribution in [0.3, 0.4) is 0 Å². The quantitative estimate of drug-likeness (QED) is 0.144. The standard InChI is InChI=1S/C9H13N.C8H10BrN.C8H10ClN.C8H12N2O.C8H12N2.C8H11N.C7H9ClN2/c1-7(2)9-8(3)5-4-6-10-9;2*1-6(2)8-7(9)4-3-5-10-8;1-6(2)8-7(11-3)4-9-5-10-8;1-6(2)8-7(3)9-4-5-10-8;1-7(2)8-5-3-4-6-9-8;1-5(2)7-6(8)3-9-4-10-7/h4-7H,1-3H3;2*3-6H,1-2H3;4-6H,1-3H3;4-6H,1-3H3;3-7H,1-2H3;3-5H,1-2H3. The molecule has 70 heavy (non-hydrogen) atoms. The Balaban J connectivity index is 0.000000409. The van der Waals surface area contributed by atoms with Crippen molar-refractivity contribution < 1.29 is 4.74 Å². The minimum Gasteiger partial charge on any atom is -0.493 e. The normalized spacial score (nSPS) is 10.3. The van der Waals surface area contributed by atoms with Crippen LogP contribution < -0.4 is 4.74 Å². The molecule has 0 aliphatic rings. The van der Waals surface area contributed by atoms with Crippen molar-refractivity contribution in [3.05, 3.63) is 182 Å². The van der Waals surface area contributed by atoms with E-state index in [0.717, 1.165) is 55.1 Å². The van der Waals surface area contributed by atoms with Crippen LogP contribution in [0.1, 0.15) is 189 Å². The molecule has 14 heteroatoms. The topological polar surface area (TPSA) is 138 Å². The van der Waals surface area contributed by atoms with Crippen LogP contribution >= 0.6 is 39.1 Å². The summed E-state index contributed by atoms with van der Waals surface area (Å²) in [6, 6.07) is 17.7. The summed E-state index contributed by atoms with van der Waals surface area (Å²) in [6.07, 6.45) is 17.1. The van der Waals surface area contributed by atoms with Crippen molar-refractivity contribution in [3.8, 4) is 5.75 Å². The second-order valence-electron chi connectivity index (χ2n) is 18.0. The van der Waals surface area contributed by atoms with Crippen molar-refractivity contribution in [1.29, 1.82) is 0 Å². The van der Waals surface area contributed by atoms with Crippen LogP contribution in [-0.4, -0.2) is 56.9 Å². The molecule has 0 N–H and O–H groups in total. The summed E-state index contributed by atoms with van der Waals surface area (Å²) < 4.78 is 6.18. The fraction of sp³-hybridized carbons (Fsp3) is 0.429. The van der Waals surface area contributed by atoms with Gasteiger partial charge in [0.2, 0.25) is 0 Å². The summed E-state index contributed by atoms with van der Waals surface area (Å²) in [4.78, 5) is 41.0. The van der Waals surface area contributed by atoms with Crippen LogP contribution in [0, 0.1) is 13.8 Å². The first-order valence-corrected chi connectivity index (χ1v) is 25.3. The van der Waals surface area contributed by atoms with E-state index < -0.39 is 0 Å². The van der Waals surface area contributed by atoms with Gasteiger partial charge in [-0.3, -0.25) is 29.9 Å². The van der Waals surface area contributed by atoms with Crippen LogP contribution in [0.25, 0.3) is 0 Å². The molecule has 0 radical (unpaired) electrons. The first-order chi connectivity index (χ1) is 33.1. The molecule has 0 aromatic carbocycles. The van der Waals surface area contributed by atoms with Gasteiger partial charge in [0.1, 0.15) is 12.7 Å². The summed E-state index contributed by atoms with van der Waals surface area (Å²) in [5, 5.41) is 1.41. The second-order valence-corrected chi connectivity index (χ2v) is 19.7. The Kier molecular flexibility index (Phi) is 31.3. The van der Waals surface area contributed by atoms with Gasteiger partial charge < -0.3 is 4.74 Å². The predicted octanol–water partition coefficient (Wildman–Crippen LogP) is 16.3. The predicted molar refractivity (Wildman–Crippen MR) is 295 cm³/mol. The van der Waals surface area contributed by atoms with E-state index in [1.54, 1.807) is 38.1 Å². The molecular formula is C56H77BrCl2N10O.